The average Bonchev–Trinajstić information content (AvgIpc) is 3.22. The molecular formula is C22H25N3O3. The molecule has 0 bridgehead atoms. The molecule has 3 aromatic rings. The second kappa shape index (κ2) is 7.54. The molecule has 0 saturated carbocycles. The van der Waals surface area contributed by atoms with Gasteiger partial charge in [0.15, 0.2) is 18.1 Å². The summed E-state index contributed by atoms with van der Waals surface area (Å²) in [6.45, 7) is 4.65. The first-order valence-electron chi connectivity index (χ1n) is 9.64. The molecule has 1 aliphatic rings. The lowest BCUT2D eigenvalue weighted by molar-refractivity contribution is -0.123. The number of imidazole rings is 1. The lowest BCUT2D eigenvalue weighted by atomic mass is 10.0. The fourth-order valence-corrected chi connectivity index (χ4v) is 3.50. The Balaban J connectivity index is 1.22. The van der Waals surface area contributed by atoms with Gasteiger partial charge in [0.05, 0.1) is 11.0 Å². The highest BCUT2D eigenvalue weighted by atomic mass is 16.5. The van der Waals surface area contributed by atoms with E-state index >= 15 is 0 Å². The van der Waals surface area contributed by atoms with Crippen molar-refractivity contribution in [1.82, 2.24) is 15.3 Å². The maximum absolute atomic E-state index is 12.1. The number of nitrogens with zero attached hydrogens (tertiary/aromatic N) is 1. The number of carbonyl (C=O) groups is 1. The maximum Gasteiger partial charge on any atom is 0.257 e. The van der Waals surface area contributed by atoms with Crippen LogP contribution in [-0.2, 0) is 17.6 Å². The number of aryl methyl sites for hydroxylation is 1. The van der Waals surface area contributed by atoms with E-state index in [0.29, 0.717) is 12.3 Å². The number of hydrogen-bond acceptors (Lipinski definition) is 4. The van der Waals surface area contributed by atoms with Gasteiger partial charge in [0.25, 0.3) is 5.91 Å². The van der Waals surface area contributed by atoms with Gasteiger partial charge in [-0.25, -0.2) is 4.98 Å². The molecule has 0 atom stereocenters. The summed E-state index contributed by atoms with van der Waals surface area (Å²) < 4.78 is 11.7. The average molecular weight is 379 g/mol. The first kappa shape index (κ1) is 18.3. The molecule has 0 saturated heterocycles. The van der Waals surface area contributed by atoms with Crippen LogP contribution in [0.25, 0.3) is 11.0 Å². The Bertz CT molecular complexity index is 961. The number of fused-ring (bicyclic) bond motifs is 2. The number of ether oxygens (including phenoxy) is 2. The van der Waals surface area contributed by atoms with E-state index in [1.54, 1.807) is 0 Å². The molecule has 2 N–H and O–H groups in total. The minimum Gasteiger partial charge on any atom is -0.483 e. The number of benzene rings is 2. The van der Waals surface area contributed by atoms with Crippen molar-refractivity contribution in [2.75, 3.05) is 13.2 Å². The molecule has 0 unspecified atom stereocenters. The fourth-order valence-electron chi connectivity index (χ4n) is 3.50. The molecule has 0 spiro atoms. The van der Waals surface area contributed by atoms with Crippen LogP contribution in [0.3, 0.4) is 0 Å². The molecule has 2 aromatic carbocycles. The Morgan fingerprint density at radius 3 is 2.96 bits per heavy atom. The zero-order chi connectivity index (χ0) is 19.6. The number of aromatic nitrogens is 2. The van der Waals surface area contributed by atoms with Crippen molar-refractivity contribution in [2.24, 2.45) is 0 Å². The Kier molecular flexibility index (Phi) is 4.94. The summed E-state index contributed by atoms with van der Waals surface area (Å²) in [6.07, 6.45) is 2.43. The Hall–Kier alpha value is -3.02. The van der Waals surface area contributed by atoms with Crippen molar-refractivity contribution < 1.29 is 14.3 Å². The Morgan fingerprint density at radius 2 is 2.11 bits per heavy atom. The lowest BCUT2D eigenvalue weighted by Crippen LogP contribution is -2.30. The number of carbonyl (C=O) groups excluding carboxylic acids is 1. The van der Waals surface area contributed by atoms with Gasteiger partial charge in [0, 0.05) is 24.9 Å². The van der Waals surface area contributed by atoms with E-state index in [4.69, 9.17) is 9.47 Å². The predicted molar refractivity (Wildman–Crippen MR) is 108 cm³/mol. The summed E-state index contributed by atoms with van der Waals surface area (Å²) in [7, 11) is 0. The van der Waals surface area contributed by atoms with Gasteiger partial charge in [-0.1, -0.05) is 24.3 Å². The predicted octanol–water partition coefficient (Wildman–Crippen LogP) is 3.40. The second-order valence-corrected chi connectivity index (χ2v) is 7.73. The topological polar surface area (TPSA) is 76.2 Å². The molecular weight excluding hydrogens is 354 g/mol. The van der Waals surface area contributed by atoms with Crippen LogP contribution in [0.2, 0.25) is 0 Å². The number of nitrogens with one attached hydrogen (secondary N) is 2. The molecule has 2 heterocycles. The van der Waals surface area contributed by atoms with Crippen LogP contribution >= 0.6 is 0 Å². The third-order valence-electron chi connectivity index (χ3n) is 4.76. The number of rotatable bonds is 7. The number of H-pyrrole nitrogens is 1. The monoisotopic (exact) mass is 379 g/mol. The van der Waals surface area contributed by atoms with Crippen molar-refractivity contribution in [3.63, 3.8) is 0 Å². The smallest absolute Gasteiger partial charge is 0.257 e. The van der Waals surface area contributed by atoms with Gasteiger partial charge in [-0.2, -0.15) is 0 Å². The fraction of sp³-hybridized carbons (Fsp3) is 0.364. The molecule has 1 aliphatic heterocycles. The normalized spacial score (nSPS) is 14.5. The molecule has 6 nitrogen and oxygen atoms in total. The molecule has 1 aromatic heterocycles. The summed E-state index contributed by atoms with van der Waals surface area (Å²) in [6, 6.07) is 13.8. The third kappa shape index (κ3) is 4.11. The van der Waals surface area contributed by atoms with Crippen LogP contribution in [0, 0.1) is 0 Å². The van der Waals surface area contributed by atoms with E-state index in [1.165, 1.54) is 0 Å². The lowest BCUT2D eigenvalue weighted by Gasteiger charge is -2.18. The van der Waals surface area contributed by atoms with Crippen molar-refractivity contribution in [2.45, 2.75) is 38.7 Å². The van der Waals surface area contributed by atoms with Gasteiger partial charge < -0.3 is 19.8 Å². The highest BCUT2D eigenvalue weighted by Crippen LogP contribution is 2.41. The molecule has 4 rings (SSSR count). The Morgan fingerprint density at radius 1 is 1.25 bits per heavy atom. The summed E-state index contributed by atoms with van der Waals surface area (Å²) in [5, 5.41) is 2.89. The van der Waals surface area contributed by atoms with E-state index in [9.17, 15) is 4.79 Å². The van der Waals surface area contributed by atoms with Crippen molar-refractivity contribution in [1.29, 1.82) is 0 Å². The molecule has 1 amide bonds. The highest BCUT2D eigenvalue weighted by Gasteiger charge is 2.32. The van der Waals surface area contributed by atoms with Crippen molar-refractivity contribution in [3.05, 3.63) is 53.9 Å². The summed E-state index contributed by atoms with van der Waals surface area (Å²) in [5.41, 5.74) is 2.89. The van der Waals surface area contributed by atoms with Crippen LogP contribution < -0.4 is 14.8 Å². The first-order chi connectivity index (χ1) is 13.5. The van der Waals surface area contributed by atoms with Crippen LogP contribution in [0.5, 0.6) is 11.5 Å². The van der Waals surface area contributed by atoms with Crippen LogP contribution in [0.4, 0.5) is 0 Å². The summed E-state index contributed by atoms with van der Waals surface area (Å²) >= 11 is 0. The van der Waals surface area contributed by atoms with Crippen molar-refractivity contribution in [3.8, 4) is 11.5 Å². The summed E-state index contributed by atoms with van der Waals surface area (Å²) in [4.78, 5) is 19.9. The molecule has 146 valence electrons. The Labute approximate surface area is 164 Å². The van der Waals surface area contributed by atoms with E-state index in [2.05, 4.69) is 15.3 Å². The largest absolute Gasteiger partial charge is 0.483 e. The molecule has 0 fully saturated rings. The zero-order valence-electron chi connectivity index (χ0n) is 16.2. The maximum atomic E-state index is 12.1. The van der Waals surface area contributed by atoms with Gasteiger partial charge in [-0.15, -0.1) is 0 Å². The van der Waals surface area contributed by atoms with Crippen LogP contribution in [-0.4, -0.2) is 34.6 Å². The zero-order valence-corrected chi connectivity index (χ0v) is 16.2. The number of hydrogen-bond donors (Lipinski definition) is 2. The minimum atomic E-state index is -0.235. The molecule has 0 aliphatic carbocycles. The van der Waals surface area contributed by atoms with Gasteiger partial charge in [0.2, 0.25) is 0 Å². The van der Waals surface area contributed by atoms with Gasteiger partial charge >= 0.3 is 0 Å². The van der Waals surface area contributed by atoms with Gasteiger partial charge in [-0.3, -0.25) is 4.79 Å². The molecule has 28 heavy (non-hydrogen) atoms. The summed E-state index contributed by atoms with van der Waals surface area (Å²) in [5.74, 6) is 2.18. The van der Waals surface area contributed by atoms with E-state index in [1.807, 2.05) is 56.3 Å². The molecule has 6 heteroatoms. The standard InChI is InChI=1S/C22H25N3O3/c1-22(2)13-15-7-5-10-18(21(15)28-22)27-14-20(26)23-12-6-11-19-24-16-8-3-4-9-17(16)25-19/h3-5,7-10H,6,11-14H2,1-2H3,(H,23,26)(H,24,25). The number of amides is 1. The van der Waals surface area contributed by atoms with Gasteiger partial charge in [-0.05, 0) is 38.5 Å². The van der Waals surface area contributed by atoms with E-state index in [-0.39, 0.29) is 18.1 Å². The minimum absolute atomic E-state index is 0.0229. The highest BCUT2D eigenvalue weighted by molar-refractivity contribution is 5.77. The van der Waals surface area contributed by atoms with Crippen LogP contribution in [0.1, 0.15) is 31.7 Å². The third-order valence-corrected chi connectivity index (χ3v) is 4.76. The van der Waals surface area contributed by atoms with Crippen molar-refractivity contribution >= 4 is 16.9 Å². The quantitative estimate of drug-likeness (QED) is 0.617. The first-order valence-corrected chi connectivity index (χ1v) is 9.64. The molecule has 0 radical (unpaired) electrons. The second-order valence-electron chi connectivity index (χ2n) is 7.73. The number of para-hydroxylation sites is 3. The SMILES string of the molecule is CC1(C)Cc2cccc(OCC(=O)NCCCc3nc4ccccc4[nH]3)c2O1. The van der Waals surface area contributed by atoms with Crippen LogP contribution in [0.15, 0.2) is 42.5 Å². The van der Waals surface area contributed by atoms with Gasteiger partial charge in [0.1, 0.15) is 11.4 Å². The number of aromatic amines is 1. The van der Waals surface area contributed by atoms with E-state index in [0.717, 1.165) is 47.4 Å². The van der Waals surface area contributed by atoms with E-state index < -0.39 is 0 Å².